The molecule has 0 aliphatic carbocycles. The number of carbonyl (C=O) groups is 1. The number of aliphatic carboxylic acids is 1. The first kappa shape index (κ1) is 13.3. The number of fused-ring (bicyclic) bond motifs is 1. The van der Waals surface area contributed by atoms with Crippen LogP contribution in [0.15, 0.2) is 22.7 Å². The molecule has 1 aromatic rings. The second-order valence-corrected chi connectivity index (χ2v) is 5.34. The van der Waals surface area contributed by atoms with E-state index in [4.69, 9.17) is 10.6 Å². The van der Waals surface area contributed by atoms with Gasteiger partial charge in [-0.05, 0) is 43.5 Å². The van der Waals surface area contributed by atoms with Gasteiger partial charge < -0.3 is 9.84 Å². The van der Waals surface area contributed by atoms with Crippen LogP contribution < -0.4 is 10.6 Å². The number of ether oxygens (including phenoxy) is 1. The summed E-state index contributed by atoms with van der Waals surface area (Å²) >= 11 is 3.39. The highest BCUT2D eigenvalue weighted by atomic mass is 79.9. The normalized spacial score (nSPS) is 21.6. The molecule has 0 aromatic heterocycles. The Balaban J connectivity index is 2.26. The van der Waals surface area contributed by atoms with Crippen LogP contribution in [0.5, 0.6) is 5.75 Å². The van der Waals surface area contributed by atoms with Crippen molar-refractivity contribution < 1.29 is 19.5 Å². The third-order valence-corrected chi connectivity index (χ3v) is 3.74. The summed E-state index contributed by atoms with van der Waals surface area (Å²) in [5.41, 5.74) is -0.490. The lowest BCUT2D eigenvalue weighted by atomic mass is 9.91. The molecule has 0 amide bonds. The topological polar surface area (TPSA) is 81.8 Å². The Morgan fingerprint density at radius 1 is 1.67 bits per heavy atom. The number of hydrogen-bond acceptors (Lipinski definition) is 4. The van der Waals surface area contributed by atoms with Crippen LogP contribution in [0.2, 0.25) is 0 Å². The Bertz CT molecular complexity index is 479. The van der Waals surface area contributed by atoms with Gasteiger partial charge in [0.25, 0.3) is 0 Å². The van der Waals surface area contributed by atoms with Crippen LogP contribution in [0.1, 0.15) is 18.9 Å². The van der Waals surface area contributed by atoms with Crippen molar-refractivity contribution in [3.05, 3.63) is 28.2 Å². The number of carboxylic acid groups (broad SMARTS) is 1. The summed E-state index contributed by atoms with van der Waals surface area (Å²) in [5.74, 6) is 4.67. The molecule has 6 heteroatoms. The summed E-state index contributed by atoms with van der Waals surface area (Å²) < 4.78 is 6.67. The summed E-state index contributed by atoms with van der Waals surface area (Å²) in [5, 5.41) is 9.18. The van der Waals surface area contributed by atoms with Gasteiger partial charge in [-0.25, -0.2) is 10.7 Å². The SMILES string of the molecule is C[C@@](ON)(C(=O)O)[C@H]1CCc2cc(Br)ccc2O1. The molecule has 1 aliphatic rings. The first-order chi connectivity index (χ1) is 8.47. The van der Waals surface area contributed by atoms with Crippen molar-refractivity contribution in [1.29, 1.82) is 0 Å². The van der Waals surface area contributed by atoms with E-state index < -0.39 is 17.7 Å². The predicted molar refractivity (Wildman–Crippen MR) is 68.2 cm³/mol. The maximum Gasteiger partial charge on any atom is 0.341 e. The molecule has 0 unspecified atom stereocenters. The van der Waals surface area contributed by atoms with E-state index in [9.17, 15) is 9.90 Å². The number of rotatable bonds is 3. The molecule has 2 atom stereocenters. The molecule has 0 radical (unpaired) electrons. The molecule has 1 aromatic carbocycles. The number of benzene rings is 1. The van der Waals surface area contributed by atoms with Crippen molar-refractivity contribution >= 4 is 21.9 Å². The van der Waals surface area contributed by atoms with Crippen LogP contribution in [-0.4, -0.2) is 22.8 Å². The molecule has 0 spiro atoms. The summed E-state index contributed by atoms with van der Waals surface area (Å²) in [6, 6.07) is 5.62. The molecule has 0 saturated carbocycles. The lowest BCUT2D eigenvalue weighted by Gasteiger charge is -2.35. The molecular weight excluding hydrogens is 302 g/mol. The maximum absolute atomic E-state index is 11.2. The van der Waals surface area contributed by atoms with Gasteiger partial charge in [0.1, 0.15) is 11.9 Å². The largest absolute Gasteiger partial charge is 0.486 e. The van der Waals surface area contributed by atoms with Crippen LogP contribution >= 0.6 is 15.9 Å². The molecular formula is C12H14BrNO4. The van der Waals surface area contributed by atoms with Gasteiger partial charge in [-0.15, -0.1) is 0 Å². The van der Waals surface area contributed by atoms with Crippen molar-refractivity contribution in [2.24, 2.45) is 5.90 Å². The van der Waals surface area contributed by atoms with Gasteiger partial charge in [0.2, 0.25) is 5.60 Å². The van der Waals surface area contributed by atoms with Gasteiger partial charge in [-0.3, -0.25) is 4.84 Å². The smallest absolute Gasteiger partial charge is 0.341 e. The predicted octanol–water partition coefficient (Wildman–Crippen LogP) is 1.88. The average molecular weight is 316 g/mol. The van der Waals surface area contributed by atoms with Crippen LogP contribution in [0, 0.1) is 0 Å². The zero-order valence-electron chi connectivity index (χ0n) is 9.85. The minimum atomic E-state index is -1.54. The highest BCUT2D eigenvalue weighted by Crippen LogP contribution is 2.34. The van der Waals surface area contributed by atoms with E-state index in [1.54, 1.807) is 0 Å². The van der Waals surface area contributed by atoms with Crippen LogP contribution in [-0.2, 0) is 16.1 Å². The van der Waals surface area contributed by atoms with Crippen LogP contribution in [0.3, 0.4) is 0 Å². The lowest BCUT2D eigenvalue weighted by Crippen LogP contribution is -2.54. The van der Waals surface area contributed by atoms with Crippen LogP contribution in [0.25, 0.3) is 0 Å². The van der Waals surface area contributed by atoms with Gasteiger partial charge in [-0.1, -0.05) is 15.9 Å². The van der Waals surface area contributed by atoms with E-state index in [0.717, 1.165) is 16.5 Å². The Kier molecular flexibility index (Phi) is 3.61. The third kappa shape index (κ3) is 2.23. The van der Waals surface area contributed by atoms with E-state index in [-0.39, 0.29) is 0 Å². The van der Waals surface area contributed by atoms with E-state index in [0.29, 0.717) is 12.2 Å². The monoisotopic (exact) mass is 315 g/mol. The number of halogens is 1. The molecule has 2 rings (SSSR count). The van der Waals surface area contributed by atoms with Crippen molar-refractivity contribution in [3.63, 3.8) is 0 Å². The number of carboxylic acids is 1. The van der Waals surface area contributed by atoms with E-state index in [1.807, 2.05) is 18.2 Å². The standard InChI is InChI=1S/C12H14BrNO4/c1-12(18-14,11(15)16)10-5-2-7-6-8(13)3-4-9(7)17-10/h3-4,6,10H,2,5,14H2,1H3,(H,15,16)/t10-,12+/m1/s1. The Morgan fingerprint density at radius 3 is 3.00 bits per heavy atom. The van der Waals surface area contributed by atoms with Gasteiger partial charge in [0.05, 0.1) is 0 Å². The van der Waals surface area contributed by atoms with Crippen molar-refractivity contribution in [2.75, 3.05) is 0 Å². The highest BCUT2D eigenvalue weighted by molar-refractivity contribution is 9.10. The highest BCUT2D eigenvalue weighted by Gasteiger charge is 2.46. The second kappa shape index (κ2) is 4.87. The fourth-order valence-corrected chi connectivity index (χ4v) is 2.42. The van der Waals surface area contributed by atoms with E-state index in [2.05, 4.69) is 20.8 Å². The second-order valence-electron chi connectivity index (χ2n) is 4.43. The van der Waals surface area contributed by atoms with E-state index >= 15 is 0 Å². The molecule has 0 bridgehead atoms. The van der Waals surface area contributed by atoms with Crippen molar-refractivity contribution in [1.82, 2.24) is 0 Å². The molecule has 18 heavy (non-hydrogen) atoms. The Morgan fingerprint density at radius 2 is 2.39 bits per heavy atom. The minimum Gasteiger partial charge on any atom is -0.486 e. The molecule has 1 aliphatic heterocycles. The summed E-state index contributed by atoms with van der Waals surface area (Å²) in [6.45, 7) is 1.42. The fourth-order valence-electron chi connectivity index (χ4n) is 2.01. The Hall–Kier alpha value is -1.11. The fraction of sp³-hybridized carbons (Fsp3) is 0.417. The van der Waals surface area contributed by atoms with Gasteiger partial charge in [0, 0.05) is 4.47 Å². The quantitative estimate of drug-likeness (QED) is 0.832. The molecule has 1 heterocycles. The average Bonchev–Trinajstić information content (AvgIpc) is 2.36. The zero-order valence-corrected chi connectivity index (χ0v) is 11.4. The van der Waals surface area contributed by atoms with Crippen molar-refractivity contribution in [2.45, 2.75) is 31.5 Å². The lowest BCUT2D eigenvalue weighted by molar-refractivity contribution is -0.179. The summed E-state index contributed by atoms with van der Waals surface area (Å²) in [4.78, 5) is 15.9. The summed E-state index contributed by atoms with van der Waals surface area (Å²) in [7, 11) is 0. The molecule has 98 valence electrons. The zero-order chi connectivity index (χ0) is 13.3. The number of nitrogens with two attached hydrogens (primary N) is 1. The molecule has 5 nitrogen and oxygen atoms in total. The number of hydrogen-bond donors (Lipinski definition) is 2. The maximum atomic E-state index is 11.2. The third-order valence-electron chi connectivity index (χ3n) is 3.25. The first-order valence-corrected chi connectivity index (χ1v) is 6.33. The van der Waals surface area contributed by atoms with Gasteiger partial charge in [0.15, 0.2) is 0 Å². The molecule has 0 saturated heterocycles. The number of aryl methyl sites for hydroxylation is 1. The van der Waals surface area contributed by atoms with Crippen LogP contribution in [0.4, 0.5) is 0 Å². The van der Waals surface area contributed by atoms with Crippen molar-refractivity contribution in [3.8, 4) is 5.75 Å². The van der Waals surface area contributed by atoms with Gasteiger partial charge >= 0.3 is 5.97 Å². The Labute approximate surface area is 113 Å². The van der Waals surface area contributed by atoms with Gasteiger partial charge in [-0.2, -0.15) is 0 Å². The summed E-state index contributed by atoms with van der Waals surface area (Å²) in [6.07, 6.45) is 0.670. The molecule has 3 N–H and O–H groups in total. The first-order valence-electron chi connectivity index (χ1n) is 5.53. The van der Waals surface area contributed by atoms with E-state index in [1.165, 1.54) is 6.92 Å². The molecule has 0 fully saturated rings. The minimum absolute atomic E-state index is 0.545.